The van der Waals surface area contributed by atoms with E-state index in [-0.39, 0.29) is 0 Å². The van der Waals surface area contributed by atoms with Gasteiger partial charge in [-0.25, -0.2) is 0 Å². The predicted molar refractivity (Wildman–Crippen MR) is 105 cm³/mol. The van der Waals surface area contributed by atoms with Crippen LogP contribution in [0, 0.1) is 0 Å². The predicted octanol–water partition coefficient (Wildman–Crippen LogP) is 2.95. The molecule has 0 radical (unpaired) electrons. The minimum absolute atomic E-state index is 0.367. The topological polar surface area (TPSA) is 85.9 Å². The van der Waals surface area contributed by atoms with Crippen LogP contribution in [0.5, 0.6) is 17.2 Å². The van der Waals surface area contributed by atoms with Crippen LogP contribution in [0.3, 0.4) is 0 Å². The second-order valence-corrected chi connectivity index (χ2v) is 6.09. The van der Waals surface area contributed by atoms with E-state index in [1.165, 1.54) is 20.3 Å². The quantitative estimate of drug-likeness (QED) is 0.539. The Kier molecular flexibility index (Phi) is 7.25. The van der Waals surface area contributed by atoms with Gasteiger partial charge in [-0.15, -0.1) is 0 Å². The first-order chi connectivity index (χ1) is 13.0. The van der Waals surface area contributed by atoms with E-state index in [2.05, 4.69) is 26.8 Å². The summed E-state index contributed by atoms with van der Waals surface area (Å²) in [6.07, 6.45) is 2.89. The van der Waals surface area contributed by atoms with Crippen molar-refractivity contribution < 1.29 is 23.8 Å². The van der Waals surface area contributed by atoms with Gasteiger partial charge in [-0.2, -0.15) is 0 Å². The Labute approximate surface area is 165 Å². The lowest BCUT2D eigenvalue weighted by Gasteiger charge is -2.08. The van der Waals surface area contributed by atoms with E-state index in [4.69, 9.17) is 14.2 Å². The SMILES string of the molecule is COc1ccc(C(=O)NNC(=O)C=Cc2ccc(OC)c(OC)c2)cc1Br. The number of hydrogen-bond donors (Lipinski definition) is 2. The summed E-state index contributed by atoms with van der Waals surface area (Å²) in [6.45, 7) is 0. The Morgan fingerprint density at radius 2 is 1.56 bits per heavy atom. The molecule has 0 saturated carbocycles. The molecule has 0 fully saturated rings. The normalized spacial score (nSPS) is 10.4. The lowest BCUT2D eigenvalue weighted by molar-refractivity contribution is -0.117. The van der Waals surface area contributed by atoms with Crippen LogP contribution < -0.4 is 25.1 Å². The standard InChI is InChI=1S/C19H19BrN2O5/c1-25-15-8-6-13(11-14(15)20)19(24)22-21-18(23)9-5-12-4-7-16(26-2)17(10-12)27-3/h4-11H,1-3H3,(H,21,23)(H,22,24). The van der Waals surface area contributed by atoms with Crippen molar-refractivity contribution in [1.29, 1.82) is 0 Å². The van der Waals surface area contributed by atoms with E-state index in [1.54, 1.807) is 49.6 Å². The third-order valence-corrected chi connectivity index (χ3v) is 4.17. The fourth-order valence-electron chi connectivity index (χ4n) is 2.17. The van der Waals surface area contributed by atoms with Crippen molar-refractivity contribution in [3.05, 3.63) is 58.1 Å². The van der Waals surface area contributed by atoms with Gasteiger partial charge >= 0.3 is 0 Å². The molecule has 2 amide bonds. The zero-order chi connectivity index (χ0) is 19.8. The number of hydrazine groups is 1. The summed E-state index contributed by atoms with van der Waals surface area (Å²) < 4.78 is 16.1. The second kappa shape index (κ2) is 9.63. The summed E-state index contributed by atoms with van der Waals surface area (Å²) in [5.74, 6) is 0.820. The highest BCUT2D eigenvalue weighted by atomic mass is 79.9. The highest BCUT2D eigenvalue weighted by molar-refractivity contribution is 9.10. The van der Waals surface area contributed by atoms with Gasteiger partial charge < -0.3 is 14.2 Å². The summed E-state index contributed by atoms with van der Waals surface area (Å²) in [6, 6.07) is 10.1. The van der Waals surface area contributed by atoms with Crippen molar-refractivity contribution in [3.63, 3.8) is 0 Å². The number of halogens is 1. The van der Waals surface area contributed by atoms with Crippen LogP contribution in [0.25, 0.3) is 6.08 Å². The molecule has 0 aromatic heterocycles. The number of ether oxygens (including phenoxy) is 3. The number of rotatable bonds is 6. The largest absolute Gasteiger partial charge is 0.496 e. The first-order valence-corrected chi connectivity index (χ1v) is 8.61. The number of benzene rings is 2. The number of carbonyl (C=O) groups is 2. The van der Waals surface area contributed by atoms with Gasteiger partial charge in [0, 0.05) is 11.6 Å². The van der Waals surface area contributed by atoms with Gasteiger partial charge in [-0.05, 0) is 57.9 Å². The lowest BCUT2D eigenvalue weighted by atomic mass is 10.2. The highest BCUT2D eigenvalue weighted by Crippen LogP contribution is 2.28. The van der Waals surface area contributed by atoms with Gasteiger partial charge in [0.1, 0.15) is 5.75 Å². The molecule has 0 atom stereocenters. The fraction of sp³-hybridized carbons (Fsp3) is 0.158. The molecule has 0 aliphatic carbocycles. The van der Waals surface area contributed by atoms with E-state index in [9.17, 15) is 9.59 Å². The maximum atomic E-state index is 12.1. The minimum Gasteiger partial charge on any atom is -0.496 e. The molecular formula is C19H19BrN2O5. The molecule has 0 spiro atoms. The van der Waals surface area contributed by atoms with Gasteiger partial charge in [0.2, 0.25) is 0 Å². The van der Waals surface area contributed by atoms with Gasteiger partial charge in [0.05, 0.1) is 25.8 Å². The summed E-state index contributed by atoms with van der Waals surface area (Å²) in [7, 11) is 4.61. The van der Waals surface area contributed by atoms with Crippen molar-refractivity contribution >= 4 is 33.8 Å². The Hall–Kier alpha value is -3.00. The molecule has 8 heteroatoms. The summed E-state index contributed by atoms with van der Waals surface area (Å²) in [5, 5.41) is 0. The van der Waals surface area contributed by atoms with Gasteiger partial charge in [0.15, 0.2) is 11.5 Å². The number of methoxy groups -OCH3 is 3. The molecular weight excluding hydrogens is 416 g/mol. The second-order valence-electron chi connectivity index (χ2n) is 5.24. The molecule has 2 aromatic carbocycles. The maximum Gasteiger partial charge on any atom is 0.269 e. The van der Waals surface area contributed by atoms with E-state index in [0.29, 0.717) is 27.3 Å². The fourth-order valence-corrected chi connectivity index (χ4v) is 2.71. The van der Waals surface area contributed by atoms with Crippen molar-refractivity contribution in [2.75, 3.05) is 21.3 Å². The molecule has 7 nitrogen and oxygen atoms in total. The number of nitrogens with one attached hydrogen (secondary N) is 2. The van der Waals surface area contributed by atoms with E-state index < -0.39 is 11.8 Å². The molecule has 0 saturated heterocycles. The first kappa shape index (κ1) is 20.3. The smallest absolute Gasteiger partial charge is 0.269 e. The van der Waals surface area contributed by atoms with Crippen molar-refractivity contribution in [2.45, 2.75) is 0 Å². The maximum absolute atomic E-state index is 12.1. The van der Waals surface area contributed by atoms with E-state index in [0.717, 1.165) is 5.56 Å². The van der Waals surface area contributed by atoms with Crippen molar-refractivity contribution in [3.8, 4) is 17.2 Å². The Bertz CT molecular complexity index is 867. The minimum atomic E-state index is -0.481. The highest BCUT2D eigenvalue weighted by Gasteiger charge is 2.09. The third-order valence-electron chi connectivity index (χ3n) is 3.55. The van der Waals surface area contributed by atoms with Crippen LogP contribution in [0.2, 0.25) is 0 Å². The number of hydrogen-bond acceptors (Lipinski definition) is 5. The summed E-state index contributed by atoms with van der Waals surface area (Å²) >= 11 is 3.31. The third kappa shape index (κ3) is 5.49. The molecule has 2 rings (SSSR count). The Balaban J connectivity index is 1.94. The zero-order valence-corrected chi connectivity index (χ0v) is 16.6. The summed E-state index contributed by atoms with van der Waals surface area (Å²) in [5.41, 5.74) is 5.78. The van der Waals surface area contributed by atoms with Crippen LogP contribution in [-0.2, 0) is 4.79 Å². The molecule has 2 N–H and O–H groups in total. The molecule has 0 heterocycles. The molecule has 0 bridgehead atoms. The molecule has 27 heavy (non-hydrogen) atoms. The Morgan fingerprint density at radius 1 is 0.889 bits per heavy atom. The van der Waals surface area contributed by atoms with Gasteiger partial charge in [0.25, 0.3) is 11.8 Å². The van der Waals surface area contributed by atoms with Crippen LogP contribution in [-0.4, -0.2) is 33.1 Å². The number of amides is 2. The van der Waals surface area contributed by atoms with Crippen LogP contribution >= 0.6 is 15.9 Å². The summed E-state index contributed by atoms with van der Waals surface area (Å²) in [4.78, 5) is 24.0. The molecule has 0 unspecified atom stereocenters. The molecule has 0 aliphatic heterocycles. The Morgan fingerprint density at radius 3 is 2.19 bits per heavy atom. The van der Waals surface area contributed by atoms with Crippen LogP contribution in [0.4, 0.5) is 0 Å². The number of carbonyl (C=O) groups excluding carboxylic acids is 2. The molecule has 142 valence electrons. The van der Waals surface area contributed by atoms with Crippen LogP contribution in [0.15, 0.2) is 46.9 Å². The van der Waals surface area contributed by atoms with Gasteiger partial charge in [-0.3, -0.25) is 20.4 Å². The molecule has 0 aliphatic rings. The van der Waals surface area contributed by atoms with Crippen molar-refractivity contribution in [1.82, 2.24) is 10.9 Å². The van der Waals surface area contributed by atoms with Crippen LogP contribution in [0.1, 0.15) is 15.9 Å². The van der Waals surface area contributed by atoms with Crippen molar-refractivity contribution in [2.24, 2.45) is 0 Å². The monoisotopic (exact) mass is 434 g/mol. The first-order valence-electron chi connectivity index (χ1n) is 7.82. The average molecular weight is 435 g/mol. The lowest BCUT2D eigenvalue weighted by Crippen LogP contribution is -2.40. The zero-order valence-electron chi connectivity index (χ0n) is 15.0. The van der Waals surface area contributed by atoms with Gasteiger partial charge in [-0.1, -0.05) is 6.07 Å². The van der Waals surface area contributed by atoms with E-state index >= 15 is 0 Å². The molecule has 2 aromatic rings. The average Bonchev–Trinajstić information content (AvgIpc) is 2.69. The van der Waals surface area contributed by atoms with E-state index in [1.807, 2.05) is 0 Å².